The second kappa shape index (κ2) is 7.28. The van der Waals surface area contributed by atoms with E-state index < -0.39 is 11.2 Å². The second-order valence-electron chi connectivity index (χ2n) is 5.25. The minimum atomic E-state index is -0.435. The minimum Gasteiger partial charge on any atom is -0.465 e. The van der Waals surface area contributed by atoms with Gasteiger partial charge in [0.2, 0.25) is 5.91 Å². The van der Waals surface area contributed by atoms with Crippen LogP contribution < -0.4 is 4.90 Å². The number of anilines is 1. The highest BCUT2D eigenvalue weighted by Crippen LogP contribution is 2.47. The molecule has 0 saturated heterocycles. The molecule has 4 nitrogen and oxygen atoms in total. The predicted molar refractivity (Wildman–Crippen MR) is 95.5 cm³/mol. The summed E-state index contributed by atoms with van der Waals surface area (Å²) in [6, 6.07) is 14.9. The summed E-state index contributed by atoms with van der Waals surface area (Å²) < 4.78 is 5.01. The molecular weight excluding hydrogens is 346 g/mol. The van der Waals surface area contributed by atoms with Crippen LogP contribution in [0.1, 0.15) is 17.7 Å². The maximum absolute atomic E-state index is 13.0. The molecule has 0 saturated carbocycles. The van der Waals surface area contributed by atoms with E-state index in [2.05, 4.69) is 0 Å². The number of ether oxygens (including phenoxy) is 1. The van der Waals surface area contributed by atoms with Gasteiger partial charge in [0.15, 0.2) is 0 Å². The van der Waals surface area contributed by atoms with E-state index in [1.54, 1.807) is 19.1 Å². The number of amides is 1. The van der Waals surface area contributed by atoms with Gasteiger partial charge in [0.1, 0.15) is 11.8 Å². The SMILES string of the molecule is CCOC(=O)CN1C(=O)C(c2ccccc2)Sc2ccc(Cl)cc21. The van der Waals surface area contributed by atoms with Gasteiger partial charge in [0.25, 0.3) is 0 Å². The van der Waals surface area contributed by atoms with Crippen molar-refractivity contribution in [2.75, 3.05) is 18.1 Å². The molecule has 0 aliphatic carbocycles. The van der Waals surface area contributed by atoms with E-state index in [9.17, 15) is 9.59 Å². The number of carbonyl (C=O) groups is 2. The number of fused-ring (bicyclic) bond motifs is 1. The van der Waals surface area contributed by atoms with E-state index in [0.717, 1.165) is 10.5 Å². The van der Waals surface area contributed by atoms with Crippen molar-refractivity contribution in [3.8, 4) is 0 Å². The Balaban J connectivity index is 1.99. The van der Waals surface area contributed by atoms with Gasteiger partial charge in [0.05, 0.1) is 12.3 Å². The van der Waals surface area contributed by atoms with Crippen molar-refractivity contribution in [3.63, 3.8) is 0 Å². The molecule has 2 aromatic carbocycles. The Labute approximate surface area is 149 Å². The van der Waals surface area contributed by atoms with Crippen LogP contribution in [-0.4, -0.2) is 25.0 Å². The third-order valence-corrected chi connectivity index (χ3v) is 5.19. The standard InChI is InChI=1S/C18H16ClNO3S/c1-2-23-16(21)11-20-14-10-13(19)8-9-15(14)24-17(18(20)22)12-6-4-3-5-7-12/h3-10,17H,2,11H2,1H3. The number of thioether (sulfide) groups is 1. The molecule has 1 aliphatic rings. The number of esters is 1. The monoisotopic (exact) mass is 361 g/mol. The van der Waals surface area contributed by atoms with Crippen molar-refractivity contribution < 1.29 is 14.3 Å². The molecule has 1 atom stereocenters. The van der Waals surface area contributed by atoms with E-state index >= 15 is 0 Å². The lowest BCUT2D eigenvalue weighted by Crippen LogP contribution is -2.41. The van der Waals surface area contributed by atoms with E-state index in [1.165, 1.54) is 16.7 Å². The highest BCUT2D eigenvalue weighted by molar-refractivity contribution is 8.00. The lowest BCUT2D eigenvalue weighted by atomic mass is 10.1. The highest BCUT2D eigenvalue weighted by atomic mass is 35.5. The first kappa shape index (κ1) is 16.9. The number of rotatable bonds is 4. The molecule has 6 heteroatoms. The van der Waals surface area contributed by atoms with E-state index in [1.807, 2.05) is 36.4 Å². The fourth-order valence-electron chi connectivity index (χ4n) is 2.58. The summed E-state index contributed by atoms with van der Waals surface area (Å²) in [6.45, 7) is 1.90. The summed E-state index contributed by atoms with van der Waals surface area (Å²) in [5.41, 5.74) is 1.56. The summed E-state index contributed by atoms with van der Waals surface area (Å²) in [4.78, 5) is 27.3. The van der Waals surface area contributed by atoms with Crippen LogP contribution >= 0.6 is 23.4 Å². The van der Waals surface area contributed by atoms with Crippen molar-refractivity contribution in [2.45, 2.75) is 17.1 Å². The molecular formula is C18H16ClNO3S. The van der Waals surface area contributed by atoms with Crippen LogP contribution in [0.15, 0.2) is 53.4 Å². The van der Waals surface area contributed by atoms with Crippen molar-refractivity contribution in [2.24, 2.45) is 0 Å². The van der Waals surface area contributed by atoms with Crippen LogP contribution in [0.5, 0.6) is 0 Å². The smallest absolute Gasteiger partial charge is 0.326 e. The van der Waals surface area contributed by atoms with Crippen molar-refractivity contribution >= 4 is 40.9 Å². The van der Waals surface area contributed by atoms with Gasteiger partial charge in [-0.15, -0.1) is 11.8 Å². The van der Waals surface area contributed by atoms with E-state index in [0.29, 0.717) is 10.7 Å². The molecule has 2 aromatic rings. The molecule has 0 radical (unpaired) electrons. The third kappa shape index (κ3) is 3.42. The Hall–Kier alpha value is -1.98. The van der Waals surface area contributed by atoms with Crippen molar-refractivity contribution in [1.29, 1.82) is 0 Å². The largest absolute Gasteiger partial charge is 0.465 e. The maximum Gasteiger partial charge on any atom is 0.326 e. The zero-order valence-electron chi connectivity index (χ0n) is 13.1. The molecule has 0 fully saturated rings. The average Bonchev–Trinajstić information content (AvgIpc) is 2.58. The second-order valence-corrected chi connectivity index (χ2v) is 6.83. The van der Waals surface area contributed by atoms with Gasteiger partial charge in [0, 0.05) is 9.92 Å². The number of hydrogen-bond donors (Lipinski definition) is 0. The summed E-state index contributed by atoms with van der Waals surface area (Å²) in [7, 11) is 0. The molecule has 0 N–H and O–H groups in total. The number of hydrogen-bond acceptors (Lipinski definition) is 4. The van der Waals surface area contributed by atoms with Gasteiger partial charge in [-0.3, -0.25) is 14.5 Å². The van der Waals surface area contributed by atoms with E-state index in [4.69, 9.17) is 16.3 Å². The number of carbonyl (C=O) groups excluding carboxylic acids is 2. The Morgan fingerprint density at radius 3 is 2.71 bits per heavy atom. The Morgan fingerprint density at radius 2 is 2.00 bits per heavy atom. The average molecular weight is 362 g/mol. The molecule has 1 unspecified atom stereocenters. The molecule has 3 rings (SSSR count). The van der Waals surface area contributed by atoms with Gasteiger partial charge in [-0.05, 0) is 30.7 Å². The first-order chi connectivity index (χ1) is 11.6. The normalized spacial score (nSPS) is 16.7. The lowest BCUT2D eigenvalue weighted by Gasteiger charge is -2.33. The Morgan fingerprint density at radius 1 is 1.25 bits per heavy atom. The molecule has 0 bridgehead atoms. The Bertz CT molecular complexity index is 766. The topological polar surface area (TPSA) is 46.6 Å². The van der Waals surface area contributed by atoms with Crippen LogP contribution in [-0.2, 0) is 14.3 Å². The van der Waals surface area contributed by atoms with Gasteiger partial charge in [-0.2, -0.15) is 0 Å². The maximum atomic E-state index is 13.0. The fourth-order valence-corrected chi connectivity index (χ4v) is 3.95. The van der Waals surface area contributed by atoms with Crippen LogP contribution in [0, 0.1) is 0 Å². The van der Waals surface area contributed by atoms with Crippen LogP contribution in [0.3, 0.4) is 0 Å². The molecule has 124 valence electrons. The Kier molecular flexibility index (Phi) is 5.11. The molecule has 1 amide bonds. The zero-order valence-corrected chi connectivity index (χ0v) is 14.6. The number of halogens is 1. The molecule has 0 spiro atoms. The molecule has 0 aromatic heterocycles. The van der Waals surface area contributed by atoms with Gasteiger partial charge in [-0.25, -0.2) is 0 Å². The number of benzene rings is 2. The zero-order chi connectivity index (χ0) is 17.1. The molecule has 24 heavy (non-hydrogen) atoms. The fraction of sp³-hybridized carbons (Fsp3) is 0.222. The summed E-state index contributed by atoms with van der Waals surface area (Å²) in [5, 5.41) is 0.128. The minimum absolute atomic E-state index is 0.121. The van der Waals surface area contributed by atoms with Crippen molar-refractivity contribution in [1.82, 2.24) is 0 Å². The molecule has 1 heterocycles. The van der Waals surface area contributed by atoms with Crippen LogP contribution in [0.4, 0.5) is 5.69 Å². The van der Waals surface area contributed by atoms with Crippen LogP contribution in [0.25, 0.3) is 0 Å². The summed E-state index contributed by atoms with van der Waals surface area (Å²) in [6.07, 6.45) is 0. The first-order valence-corrected chi connectivity index (χ1v) is 8.84. The van der Waals surface area contributed by atoms with Gasteiger partial charge < -0.3 is 4.74 Å². The quantitative estimate of drug-likeness (QED) is 0.770. The summed E-state index contributed by atoms with van der Waals surface area (Å²) in [5.74, 6) is -0.579. The third-order valence-electron chi connectivity index (χ3n) is 3.64. The lowest BCUT2D eigenvalue weighted by molar-refractivity contribution is -0.142. The van der Waals surface area contributed by atoms with Crippen LogP contribution in [0.2, 0.25) is 5.02 Å². The molecule has 1 aliphatic heterocycles. The van der Waals surface area contributed by atoms with Gasteiger partial charge in [-0.1, -0.05) is 41.9 Å². The van der Waals surface area contributed by atoms with Crippen molar-refractivity contribution in [3.05, 3.63) is 59.1 Å². The first-order valence-electron chi connectivity index (χ1n) is 7.58. The highest BCUT2D eigenvalue weighted by Gasteiger charge is 2.35. The van der Waals surface area contributed by atoms with Gasteiger partial charge >= 0.3 is 5.97 Å². The predicted octanol–water partition coefficient (Wildman–Crippen LogP) is 4.08. The number of nitrogens with zero attached hydrogens (tertiary/aromatic N) is 1. The summed E-state index contributed by atoms with van der Waals surface area (Å²) >= 11 is 7.55. The van der Waals surface area contributed by atoms with E-state index in [-0.39, 0.29) is 19.1 Å².